The summed E-state index contributed by atoms with van der Waals surface area (Å²) >= 11 is 0. The highest BCUT2D eigenvalue weighted by Gasteiger charge is 2.37. The van der Waals surface area contributed by atoms with Crippen molar-refractivity contribution in [3.05, 3.63) is 95.1 Å². The molecule has 0 heterocycles. The van der Waals surface area contributed by atoms with Gasteiger partial charge in [-0.15, -0.1) is 0 Å². The molecule has 3 rings (SSSR count). The van der Waals surface area contributed by atoms with Crippen LogP contribution in [0.25, 0.3) is 0 Å². The van der Waals surface area contributed by atoms with Gasteiger partial charge in [-0.25, -0.2) is 4.79 Å². The summed E-state index contributed by atoms with van der Waals surface area (Å²) < 4.78 is 18.5. The fourth-order valence-corrected chi connectivity index (χ4v) is 14.5. The summed E-state index contributed by atoms with van der Waals surface area (Å²) in [6, 6.07) is 27.1. The van der Waals surface area contributed by atoms with Crippen molar-refractivity contribution in [1.29, 1.82) is 0 Å². The van der Waals surface area contributed by atoms with Crippen LogP contribution in [0.4, 0.5) is 0 Å². The van der Waals surface area contributed by atoms with Crippen LogP contribution in [0.15, 0.2) is 72.8 Å². The molecule has 220 valence electrons. The predicted molar refractivity (Wildman–Crippen MR) is 172 cm³/mol. The van der Waals surface area contributed by atoms with Crippen LogP contribution in [0.2, 0.25) is 37.3 Å². The van der Waals surface area contributed by atoms with E-state index in [1.165, 1.54) is 12.5 Å². The minimum Gasteiger partial charge on any atom is -0.496 e. The number of aryl methyl sites for hydroxylation is 2. The number of ketones is 1. The van der Waals surface area contributed by atoms with E-state index in [-0.39, 0.29) is 5.78 Å². The molecule has 0 bridgehead atoms. The molecule has 2 atom stereocenters. The van der Waals surface area contributed by atoms with Crippen LogP contribution in [-0.2, 0) is 17.0 Å². The average Bonchev–Trinajstić information content (AvgIpc) is 2.98. The van der Waals surface area contributed by atoms with E-state index in [0.717, 1.165) is 61.2 Å². The topological polar surface area (TPSA) is 61.8 Å². The lowest BCUT2D eigenvalue weighted by atomic mass is 10.1. The molecule has 7 heteroatoms. The van der Waals surface area contributed by atoms with Gasteiger partial charge in [-0.1, -0.05) is 62.4 Å². The van der Waals surface area contributed by atoms with Crippen LogP contribution in [0.5, 0.6) is 11.5 Å². The molecule has 5 nitrogen and oxygen atoms in total. The Morgan fingerprint density at radius 1 is 0.683 bits per heavy atom. The Morgan fingerprint density at radius 3 is 1.63 bits per heavy atom. The third kappa shape index (κ3) is 9.52. The number of ether oxygens (including phenoxy) is 2. The molecule has 3 aromatic rings. The normalized spacial score (nSPS) is 14.1. The first-order valence-corrected chi connectivity index (χ1v) is 20.5. The molecule has 41 heavy (non-hydrogen) atoms. The Kier molecular flexibility index (Phi) is 12.1. The Hall–Kier alpha value is -3.01. The molecular weight excluding hydrogens is 545 g/mol. The summed E-state index contributed by atoms with van der Waals surface area (Å²) in [4.78, 5) is 24.4. The van der Waals surface area contributed by atoms with Gasteiger partial charge in [0, 0.05) is 5.56 Å². The van der Waals surface area contributed by atoms with Gasteiger partial charge in [0.05, 0.1) is 12.7 Å². The first kappa shape index (κ1) is 32.5. The largest absolute Gasteiger partial charge is 0.496 e. The fraction of sp³-hybridized carbons (Fsp3) is 0.412. The second-order valence-electron chi connectivity index (χ2n) is 11.4. The number of methoxy groups -OCH3 is 1. The fourth-order valence-electron chi connectivity index (χ4n) is 5.22. The van der Waals surface area contributed by atoms with E-state index in [0.29, 0.717) is 16.9 Å². The summed E-state index contributed by atoms with van der Waals surface area (Å²) in [5.74, 6) is 1.12. The third-order valence-electron chi connectivity index (χ3n) is 8.19. The van der Waals surface area contributed by atoms with Crippen molar-refractivity contribution in [2.24, 2.45) is 0 Å². The summed E-state index contributed by atoms with van der Waals surface area (Å²) in [5, 5.41) is 0. The van der Waals surface area contributed by atoms with Crippen molar-refractivity contribution in [2.75, 3.05) is 7.11 Å². The quantitative estimate of drug-likeness (QED) is 0.0721. The molecule has 0 spiro atoms. The zero-order valence-electron chi connectivity index (χ0n) is 25.6. The number of para-hydroxylation sites is 2. The van der Waals surface area contributed by atoms with Crippen molar-refractivity contribution < 1.29 is 23.2 Å². The molecule has 3 aromatic carbocycles. The molecule has 2 unspecified atom stereocenters. The van der Waals surface area contributed by atoms with Crippen molar-refractivity contribution in [3.63, 3.8) is 0 Å². The highest BCUT2D eigenvalue weighted by atomic mass is 28.4. The number of carbonyl (C=O) groups is 2. The van der Waals surface area contributed by atoms with Crippen LogP contribution >= 0.6 is 0 Å². The van der Waals surface area contributed by atoms with Crippen LogP contribution in [-0.4, -0.2) is 35.5 Å². The SMILES string of the molecule is CC[Si](C)(CCCc1ccccc1OC)O[Si](C)(CC)CCCc1ccccc1OC(=O)c1ccc(C(C)=O)cc1. The zero-order valence-corrected chi connectivity index (χ0v) is 27.6. The Bertz CT molecular complexity index is 1290. The Morgan fingerprint density at radius 2 is 1.15 bits per heavy atom. The molecular formula is C34H46O5Si2. The molecule has 0 saturated heterocycles. The monoisotopic (exact) mass is 590 g/mol. The van der Waals surface area contributed by atoms with E-state index in [4.69, 9.17) is 13.6 Å². The first-order valence-electron chi connectivity index (χ1n) is 14.8. The molecule has 0 saturated carbocycles. The number of carbonyl (C=O) groups excluding carboxylic acids is 2. The predicted octanol–water partition coefficient (Wildman–Crippen LogP) is 8.89. The van der Waals surface area contributed by atoms with Gasteiger partial charge in [0.15, 0.2) is 22.4 Å². The highest BCUT2D eigenvalue weighted by molar-refractivity contribution is 6.86. The molecule has 0 aliphatic rings. The van der Waals surface area contributed by atoms with E-state index >= 15 is 0 Å². The Balaban J connectivity index is 1.58. The second-order valence-corrected chi connectivity index (χ2v) is 20.4. The first-order chi connectivity index (χ1) is 19.6. The van der Waals surface area contributed by atoms with Crippen LogP contribution < -0.4 is 9.47 Å². The number of benzene rings is 3. The van der Waals surface area contributed by atoms with Crippen LogP contribution in [0.1, 0.15) is 65.5 Å². The van der Waals surface area contributed by atoms with E-state index in [1.54, 1.807) is 31.4 Å². The zero-order chi connectivity index (χ0) is 29.9. The van der Waals surface area contributed by atoms with Crippen molar-refractivity contribution in [2.45, 2.75) is 83.7 Å². The van der Waals surface area contributed by atoms with Gasteiger partial charge in [-0.3, -0.25) is 4.79 Å². The smallest absolute Gasteiger partial charge is 0.343 e. The summed E-state index contributed by atoms with van der Waals surface area (Å²) in [5.41, 5.74) is 3.30. The molecule has 0 aliphatic heterocycles. The lowest BCUT2D eigenvalue weighted by Gasteiger charge is -2.38. The standard InChI is InChI=1S/C34H46O5Si2/c1-7-40(5,25-13-17-29-15-9-11-19-32(29)37-4)39-41(6,8-2)26-14-18-30-16-10-12-20-33(30)38-34(36)31-23-21-28(22-24-31)27(3)35/h9-12,15-16,19-24H,7-8,13-14,17-18,25-26H2,1-6H3. The maximum Gasteiger partial charge on any atom is 0.343 e. The van der Waals surface area contributed by atoms with E-state index in [1.807, 2.05) is 36.4 Å². The van der Waals surface area contributed by atoms with Gasteiger partial charge in [-0.05, 0) is 105 Å². The maximum atomic E-state index is 12.8. The van der Waals surface area contributed by atoms with E-state index < -0.39 is 22.6 Å². The van der Waals surface area contributed by atoms with Crippen molar-refractivity contribution >= 4 is 28.4 Å². The van der Waals surface area contributed by atoms with E-state index in [9.17, 15) is 9.59 Å². The average molecular weight is 591 g/mol. The number of esters is 1. The van der Waals surface area contributed by atoms with Gasteiger partial charge in [-0.2, -0.15) is 0 Å². The van der Waals surface area contributed by atoms with Crippen molar-refractivity contribution in [3.8, 4) is 11.5 Å². The summed E-state index contributed by atoms with van der Waals surface area (Å²) in [6.07, 6.45) is 3.95. The lowest BCUT2D eigenvalue weighted by molar-refractivity contribution is 0.0732. The van der Waals surface area contributed by atoms with Crippen molar-refractivity contribution in [1.82, 2.24) is 0 Å². The summed E-state index contributed by atoms with van der Waals surface area (Å²) in [7, 11) is -2.00. The number of Topliss-reactive ketones (excluding diaryl/α,β-unsaturated/α-hetero) is 1. The number of hydrogen-bond acceptors (Lipinski definition) is 5. The minimum absolute atomic E-state index is 0.0309. The van der Waals surface area contributed by atoms with Gasteiger partial charge in [0.25, 0.3) is 0 Å². The third-order valence-corrected chi connectivity index (χ3v) is 17.9. The molecule has 0 radical (unpaired) electrons. The summed E-state index contributed by atoms with van der Waals surface area (Å²) in [6.45, 7) is 10.9. The molecule has 0 aromatic heterocycles. The molecule has 0 fully saturated rings. The Labute approximate surface area is 248 Å². The molecule has 0 amide bonds. The lowest BCUT2D eigenvalue weighted by Crippen LogP contribution is -2.47. The number of hydrogen-bond donors (Lipinski definition) is 0. The van der Waals surface area contributed by atoms with Crippen LogP contribution in [0.3, 0.4) is 0 Å². The molecule has 0 N–H and O–H groups in total. The minimum atomic E-state index is -1.90. The molecule has 0 aliphatic carbocycles. The second kappa shape index (κ2) is 15.3. The van der Waals surface area contributed by atoms with Gasteiger partial charge >= 0.3 is 5.97 Å². The van der Waals surface area contributed by atoms with Gasteiger partial charge < -0.3 is 13.6 Å². The van der Waals surface area contributed by atoms with Gasteiger partial charge in [0.2, 0.25) is 0 Å². The highest BCUT2D eigenvalue weighted by Crippen LogP contribution is 2.32. The number of rotatable bonds is 16. The van der Waals surface area contributed by atoms with Gasteiger partial charge in [0.1, 0.15) is 11.5 Å². The maximum absolute atomic E-state index is 12.8. The van der Waals surface area contributed by atoms with E-state index in [2.05, 4.69) is 39.1 Å². The van der Waals surface area contributed by atoms with Crippen LogP contribution in [0, 0.1) is 0 Å².